The predicted octanol–water partition coefficient (Wildman–Crippen LogP) is 2.55. The molecule has 0 fully saturated rings. The Morgan fingerprint density at radius 1 is 1.13 bits per heavy atom. The van der Waals surface area contributed by atoms with E-state index < -0.39 is 5.97 Å². The number of carbonyl (C=O) groups is 1. The molecule has 0 aromatic heterocycles. The summed E-state index contributed by atoms with van der Waals surface area (Å²) >= 11 is 0. The number of ether oxygens (including phenoxy) is 2. The fourth-order valence-corrected chi connectivity index (χ4v) is 1.09. The Morgan fingerprint density at radius 2 is 1.73 bits per heavy atom. The van der Waals surface area contributed by atoms with Crippen LogP contribution in [0.1, 0.15) is 40.0 Å². The number of carbonyl (C=O) groups excluding carboxylic acids is 1. The van der Waals surface area contributed by atoms with Crippen LogP contribution in [0, 0.1) is 0 Å². The summed E-state index contributed by atoms with van der Waals surface area (Å²) in [6.07, 6.45) is 2.26. The van der Waals surface area contributed by atoms with E-state index in [-0.39, 0.29) is 11.5 Å². The van der Waals surface area contributed by atoms with Gasteiger partial charge in [0.15, 0.2) is 0 Å². The van der Waals surface area contributed by atoms with Crippen molar-refractivity contribution in [3.63, 3.8) is 0 Å². The van der Waals surface area contributed by atoms with Crippen LogP contribution in [0.2, 0.25) is 0 Å². The summed E-state index contributed by atoms with van der Waals surface area (Å²) in [6.45, 7) is 6.13. The Hall–Kier alpha value is -1.19. The lowest BCUT2D eigenvalue weighted by Gasteiger charge is -2.09. The van der Waals surface area contributed by atoms with Crippen LogP contribution >= 0.6 is 0 Å². The normalized spacial score (nSPS) is 11.9. The molecule has 0 aromatic carbocycles. The fraction of sp³-hybridized carbons (Fsp3) is 0.727. The third-order valence-electron chi connectivity index (χ3n) is 1.84. The summed E-state index contributed by atoms with van der Waals surface area (Å²) in [5.41, 5.74) is 0.237. The highest BCUT2D eigenvalue weighted by Crippen LogP contribution is 2.14. The highest BCUT2D eigenvalue weighted by Gasteiger charge is 2.17. The van der Waals surface area contributed by atoms with Crippen molar-refractivity contribution in [3.05, 3.63) is 11.5 Å². The number of aliphatic hydroxyl groups excluding tert-OH is 1. The Kier molecular flexibility index (Phi) is 7.50. The molecular weight excluding hydrogens is 196 g/mol. The molecule has 0 aliphatic heterocycles. The first-order valence-corrected chi connectivity index (χ1v) is 5.39. The lowest BCUT2D eigenvalue weighted by atomic mass is 10.1. The summed E-state index contributed by atoms with van der Waals surface area (Å²) in [5.74, 6) is -0.790. The van der Waals surface area contributed by atoms with Crippen LogP contribution in [0.25, 0.3) is 0 Å². The third-order valence-corrected chi connectivity index (χ3v) is 1.84. The number of rotatable bonds is 7. The molecule has 0 rings (SSSR count). The zero-order valence-electron chi connectivity index (χ0n) is 9.71. The van der Waals surface area contributed by atoms with Crippen LogP contribution in [0.4, 0.5) is 0 Å². The molecule has 0 atom stereocenters. The second-order valence-electron chi connectivity index (χ2n) is 3.04. The van der Waals surface area contributed by atoms with Crippen molar-refractivity contribution in [1.29, 1.82) is 0 Å². The van der Waals surface area contributed by atoms with Crippen molar-refractivity contribution < 1.29 is 19.4 Å². The Bertz CT molecular complexity index is 221. The van der Waals surface area contributed by atoms with Gasteiger partial charge in [0.05, 0.1) is 13.2 Å². The number of unbranched alkanes of at least 4 members (excludes halogenated alkanes) is 1. The van der Waals surface area contributed by atoms with Gasteiger partial charge in [0.2, 0.25) is 0 Å². The second kappa shape index (κ2) is 8.15. The molecule has 0 amide bonds. The molecule has 4 nitrogen and oxygen atoms in total. The van der Waals surface area contributed by atoms with Gasteiger partial charge in [0, 0.05) is 0 Å². The largest absolute Gasteiger partial charge is 0.481 e. The molecule has 0 saturated carbocycles. The van der Waals surface area contributed by atoms with Crippen molar-refractivity contribution >= 4 is 5.97 Å². The Morgan fingerprint density at radius 3 is 2.20 bits per heavy atom. The smallest absolute Gasteiger partial charge is 0.341 e. The minimum atomic E-state index is -0.489. The maximum atomic E-state index is 11.4. The van der Waals surface area contributed by atoms with E-state index in [9.17, 15) is 9.90 Å². The molecular formula is C11H20O4. The van der Waals surface area contributed by atoms with Crippen molar-refractivity contribution in [1.82, 2.24) is 0 Å². The highest BCUT2D eigenvalue weighted by molar-refractivity contribution is 5.88. The molecule has 4 heteroatoms. The zero-order valence-corrected chi connectivity index (χ0v) is 9.71. The van der Waals surface area contributed by atoms with Gasteiger partial charge in [0.1, 0.15) is 5.57 Å². The van der Waals surface area contributed by atoms with E-state index in [1.54, 1.807) is 13.8 Å². The molecule has 0 unspecified atom stereocenters. The molecule has 0 saturated heterocycles. The minimum absolute atomic E-state index is 0.237. The standard InChI is InChI=1S/C11H20O4/c1-4-7-8-9(10(12)14-5-2)11(13)15-6-3/h12H,4-8H2,1-3H3/b10-9-. The van der Waals surface area contributed by atoms with Crippen LogP contribution < -0.4 is 0 Å². The number of hydrogen-bond donors (Lipinski definition) is 1. The van der Waals surface area contributed by atoms with Crippen molar-refractivity contribution in [2.45, 2.75) is 40.0 Å². The van der Waals surface area contributed by atoms with Crippen molar-refractivity contribution in [3.8, 4) is 0 Å². The lowest BCUT2D eigenvalue weighted by Crippen LogP contribution is -2.12. The maximum absolute atomic E-state index is 11.4. The highest BCUT2D eigenvalue weighted by atomic mass is 16.6. The van der Waals surface area contributed by atoms with Gasteiger partial charge in [0.25, 0.3) is 5.95 Å². The average molecular weight is 216 g/mol. The lowest BCUT2D eigenvalue weighted by molar-refractivity contribution is -0.139. The summed E-state index contributed by atoms with van der Waals surface area (Å²) in [6, 6.07) is 0. The molecule has 0 radical (unpaired) electrons. The first-order chi connectivity index (χ1) is 7.17. The van der Waals surface area contributed by atoms with Gasteiger partial charge in [-0.15, -0.1) is 0 Å². The Balaban J connectivity index is 4.54. The second-order valence-corrected chi connectivity index (χ2v) is 3.04. The molecule has 0 spiro atoms. The van der Waals surface area contributed by atoms with Crippen molar-refractivity contribution in [2.24, 2.45) is 0 Å². The SMILES string of the molecule is CCCC/C(C(=O)OCC)=C(\O)OCC. The minimum Gasteiger partial charge on any atom is -0.481 e. The molecule has 0 aromatic rings. The first kappa shape index (κ1) is 13.8. The quantitative estimate of drug-likeness (QED) is 0.403. The zero-order chi connectivity index (χ0) is 11.7. The first-order valence-electron chi connectivity index (χ1n) is 5.39. The number of aliphatic hydroxyl groups is 1. The van der Waals surface area contributed by atoms with Crippen LogP contribution in [0.15, 0.2) is 11.5 Å². The fourth-order valence-electron chi connectivity index (χ4n) is 1.09. The van der Waals surface area contributed by atoms with Crippen LogP contribution in [0.3, 0.4) is 0 Å². The molecule has 15 heavy (non-hydrogen) atoms. The van der Waals surface area contributed by atoms with E-state index in [2.05, 4.69) is 0 Å². The Labute approximate surface area is 90.9 Å². The van der Waals surface area contributed by atoms with E-state index in [1.807, 2.05) is 6.92 Å². The monoisotopic (exact) mass is 216 g/mol. The van der Waals surface area contributed by atoms with E-state index in [0.29, 0.717) is 19.6 Å². The van der Waals surface area contributed by atoms with Crippen molar-refractivity contribution in [2.75, 3.05) is 13.2 Å². The summed E-state index contributed by atoms with van der Waals surface area (Å²) in [7, 11) is 0. The maximum Gasteiger partial charge on any atom is 0.341 e. The van der Waals surface area contributed by atoms with Gasteiger partial charge in [-0.05, 0) is 26.7 Å². The molecule has 0 aliphatic rings. The van der Waals surface area contributed by atoms with Gasteiger partial charge >= 0.3 is 5.97 Å². The van der Waals surface area contributed by atoms with E-state index in [1.165, 1.54) is 0 Å². The van der Waals surface area contributed by atoms with Gasteiger partial charge in [-0.25, -0.2) is 4.79 Å². The predicted molar refractivity (Wildman–Crippen MR) is 57.4 cm³/mol. The summed E-state index contributed by atoms with van der Waals surface area (Å²) in [5, 5.41) is 9.49. The van der Waals surface area contributed by atoms with Crippen LogP contribution in [-0.2, 0) is 14.3 Å². The molecule has 1 N–H and O–H groups in total. The summed E-state index contributed by atoms with van der Waals surface area (Å²) < 4.78 is 9.73. The van der Waals surface area contributed by atoms with E-state index in [0.717, 1.165) is 12.8 Å². The van der Waals surface area contributed by atoms with Gasteiger partial charge in [-0.2, -0.15) is 0 Å². The van der Waals surface area contributed by atoms with Gasteiger partial charge in [-0.1, -0.05) is 13.3 Å². The van der Waals surface area contributed by atoms with Crippen LogP contribution in [-0.4, -0.2) is 24.3 Å². The van der Waals surface area contributed by atoms with E-state index >= 15 is 0 Å². The third kappa shape index (κ3) is 5.30. The molecule has 88 valence electrons. The number of esters is 1. The molecule has 0 heterocycles. The topological polar surface area (TPSA) is 55.8 Å². The average Bonchev–Trinajstić information content (AvgIpc) is 2.19. The summed E-state index contributed by atoms with van der Waals surface area (Å²) in [4.78, 5) is 11.4. The molecule has 0 aliphatic carbocycles. The van der Waals surface area contributed by atoms with Crippen LogP contribution in [0.5, 0.6) is 0 Å². The van der Waals surface area contributed by atoms with Gasteiger partial charge < -0.3 is 14.6 Å². The van der Waals surface area contributed by atoms with E-state index in [4.69, 9.17) is 9.47 Å². The number of hydrogen-bond acceptors (Lipinski definition) is 4. The molecule has 0 bridgehead atoms. The van der Waals surface area contributed by atoms with Gasteiger partial charge in [-0.3, -0.25) is 0 Å².